The van der Waals surface area contributed by atoms with Crippen LogP contribution >= 0.6 is 0 Å². The van der Waals surface area contributed by atoms with Crippen molar-refractivity contribution in [3.8, 4) is 0 Å². The van der Waals surface area contributed by atoms with Gasteiger partial charge in [0, 0.05) is 24.6 Å². The summed E-state index contributed by atoms with van der Waals surface area (Å²) in [5.74, 6) is -4.14. The van der Waals surface area contributed by atoms with Gasteiger partial charge in [0.15, 0.2) is 0 Å². The molecular formula is C18H22F2N2O2. The third-order valence-corrected chi connectivity index (χ3v) is 4.34. The van der Waals surface area contributed by atoms with Gasteiger partial charge in [0.1, 0.15) is 0 Å². The van der Waals surface area contributed by atoms with E-state index in [9.17, 15) is 18.4 Å². The van der Waals surface area contributed by atoms with Gasteiger partial charge in [-0.05, 0) is 36.6 Å². The van der Waals surface area contributed by atoms with Gasteiger partial charge < -0.3 is 10.2 Å². The first-order valence-electron chi connectivity index (χ1n) is 8.00. The molecule has 4 nitrogen and oxygen atoms in total. The number of alkyl halides is 2. The van der Waals surface area contributed by atoms with Crippen LogP contribution < -0.4 is 5.32 Å². The standard InChI is InChI=1S/C18H22F2N2O2/c1-3-16(23)21-10-8-14-4-6-15(7-5-14)17(24)22-11-9-13(2)18(19,20)12-22/h3-7,13H,1,8-12H2,2H3,(H,21,23). The molecule has 0 aromatic heterocycles. The fourth-order valence-corrected chi connectivity index (χ4v) is 2.62. The summed E-state index contributed by atoms with van der Waals surface area (Å²) in [6.07, 6.45) is 2.13. The second-order valence-electron chi connectivity index (χ2n) is 6.12. The number of rotatable bonds is 5. The molecule has 6 heteroatoms. The molecule has 0 radical (unpaired) electrons. The van der Waals surface area contributed by atoms with Crippen LogP contribution in [0.15, 0.2) is 36.9 Å². The molecule has 1 fully saturated rings. The number of nitrogens with one attached hydrogen (secondary N) is 1. The number of nitrogens with zero attached hydrogens (tertiary/aromatic N) is 1. The minimum Gasteiger partial charge on any atom is -0.352 e. The molecule has 1 aliphatic heterocycles. The Morgan fingerprint density at radius 2 is 2.04 bits per heavy atom. The van der Waals surface area contributed by atoms with Crippen LogP contribution in [-0.4, -0.2) is 42.3 Å². The molecule has 1 N–H and O–H groups in total. The maximum Gasteiger partial charge on any atom is 0.267 e. The topological polar surface area (TPSA) is 49.4 Å². The number of carbonyl (C=O) groups excluding carboxylic acids is 2. The molecule has 1 aromatic rings. The molecule has 1 atom stereocenters. The van der Waals surface area contributed by atoms with Crippen molar-refractivity contribution in [2.75, 3.05) is 19.6 Å². The normalized spacial score (nSPS) is 19.6. The Morgan fingerprint density at radius 1 is 1.38 bits per heavy atom. The van der Waals surface area contributed by atoms with Crippen LogP contribution in [-0.2, 0) is 11.2 Å². The van der Waals surface area contributed by atoms with Crippen LogP contribution in [0.2, 0.25) is 0 Å². The van der Waals surface area contributed by atoms with E-state index >= 15 is 0 Å². The van der Waals surface area contributed by atoms with Gasteiger partial charge in [-0.15, -0.1) is 0 Å². The fraction of sp³-hybridized carbons (Fsp3) is 0.444. The summed E-state index contributed by atoms with van der Waals surface area (Å²) < 4.78 is 27.6. The Bertz CT molecular complexity index is 614. The number of amides is 2. The van der Waals surface area contributed by atoms with Crippen LogP contribution in [0.25, 0.3) is 0 Å². The predicted molar refractivity (Wildman–Crippen MR) is 88.0 cm³/mol. The van der Waals surface area contributed by atoms with E-state index in [2.05, 4.69) is 11.9 Å². The van der Waals surface area contributed by atoms with Crippen molar-refractivity contribution in [1.82, 2.24) is 10.2 Å². The Morgan fingerprint density at radius 3 is 2.62 bits per heavy atom. The SMILES string of the molecule is C=CC(=O)NCCc1ccc(C(=O)N2CCC(C)C(F)(F)C2)cc1. The maximum atomic E-state index is 13.8. The molecule has 1 aromatic carbocycles. The van der Waals surface area contributed by atoms with Gasteiger partial charge in [-0.3, -0.25) is 9.59 Å². The molecule has 1 heterocycles. The van der Waals surface area contributed by atoms with Gasteiger partial charge in [-0.25, -0.2) is 8.78 Å². The summed E-state index contributed by atoms with van der Waals surface area (Å²) in [5, 5.41) is 2.67. The smallest absolute Gasteiger partial charge is 0.267 e. The van der Waals surface area contributed by atoms with Crippen molar-refractivity contribution in [2.24, 2.45) is 5.92 Å². The van der Waals surface area contributed by atoms with Crippen molar-refractivity contribution < 1.29 is 18.4 Å². The number of hydrogen-bond donors (Lipinski definition) is 1. The Kier molecular flexibility index (Phi) is 5.70. The van der Waals surface area contributed by atoms with Crippen LogP contribution in [0, 0.1) is 5.92 Å². The van der Waals surface area contributed by atoms with E-state index < -0.39 is 18.4 Å². The first-order valence-corrected chi connectivity index (χ1v) is 8.00. The van der Waals surface area contributed by atoms with Crippen LogP contribution in [0.1, 0.15) is 29.3 Å². The number of hydrogen-bond acceptors (Lipinski definition) is 2. The first kappa shape index (κ1) is 18.1. The summed E-state index contributed by atoms with van der Waals surface area (Å²) in [4.78, 5) is 24.6. The maximum absolute atomic E-state index is 13.8. The van der Waals surface area contributed by atoms with Gasteiger partial charge in [-0.1, -0.05) is 25.6 Å². The third-order valence-electron chi connectivity index (χ3n) is 4.34. The van der Waals surface area contributed by atoms with Crippen LogP contribution in [0.5, 0.6) is 0 Å². The summed E-state index contributed by atoms with van der Waals surface area (Å²) in [5.41, 5.74) is 1.35. The minimum atomic E-state index is -2.84. The molecular weight excluding hydrogens is 314 g/mol. The lowest BCUT2D eigenvalue weighted by Crippen LogP contribution is -2.49. The molecule has 1 aliphatic rings. The highest BCUT2D eigenvalue weighted by Gasteiger charge is 2.43. The van der Waals surface area contributed by atoms with Gasteiger partial charge in [0.25, 0.3) is 11.8 Å². The number of likely N-dealkylation sites (tertiary alicyclic amines) is 1. The summed E-state index contributed by atoms with van der Waals surface area (Å²) in [6, 6.07) is 6.84. The lowest BCUT2D eigenvalue weighted by atomic mass is 9.94. The van der Waals surface area contributed by atoms with Gasteiger partial charge in [0.05, 0.1) is 6.54 Å². The average Bonchev–Trinajstić information content (AvgIpc) is 2.57. The summed E-state index contributed by atoms with van der Waals surface area (Å²) in [6.45, 7) is 5.18. The van der Waals surface area contributed by atoms with Crippen molar-refractivity contribution in [1.29, 1.82) is 0 Å². The lowest BCUT2D eigenvalue weighted by molar-refractivity contribution is -0.116. The van der Waals surface area contributed by atoms with Crippen molar-refractivity contribution in [3.63, 3.8) is 0 Å². The predicted octanol–water partition coefficient (Wildman–Crippen LogP) is 2.65. The average molecular weight is 336 g/mol. The zero-order valence-electron chi connectivity index (χ0n) is 13.7. The van der Waals surface area contributed by atoms with Gasteiger partial charge >= 0.3 is 0 Å². The van der Waals surface area contributed by atoms with E-state index in [1.807, 2.05) is 0 Å². The van der Waals surface area contributed by atoms with Crippen LogP contribution in [0.3, 0.4) is 0 Å². The zero-order chi connectivity index (χ0) is 17.7. The Balaban J connectivity index is 1.94. The highest BCUT2D eigenvalue weighted by molar-refractivity contribution is 5.94. The Labute approximate surface area is 140 Å². The molecule has 2 rings (SSSR count). The number of benzene rings is 1. The molecule has 0 aliphatic carbocycles. The minimum absolute atomic E-state index is 0.234. The van der Waals surface area contributed by atoms with E-state index in [0.29, 0.717) is 31.5 Å². The van der Waals surface area contributed by atoms with Gasteiger partial charge in [-0.2, -0.15) is 0 Å². The molecule has 130 valence electrons. The molecule has 0 saturated carbocycles. The van der Waals surface area contributed by atoms with E-state index in [-0.39, 0.29) is 11.8 Å². The number of carbonyl (C=O) groups is 2. The quantitative estimate of drug-likeness (QED) is 0.841. The first-order chi connectivity index (χ1) is 11.3. The molecule has 1 saturated heterocycles. The highest BCUT2D eigenvalue weighted by atomic mass is 19.3. The third kappa shape index (κ3) is 4.40. The molecule has 0 bridgehead atoms. The van der Waals surface area contributed by atoms with Crippen LogP contribution in [0.4, 0.5) is 8.78 Å². The summed E-state index contributed by atoms with van der Waals surface area (Å²) >= 11 is 0. The molecule has 24 heavy (non-hydrogen) atoms. The van der Waals surface area contributed by atoms with E-state index in [4.69, 9.17) is 0 Å². The zero-order valence-corrected chi connectivity index (χ0v) is 13.7. The lowest BCUT2D eigenvalue weighted by Gasteiger charge is -2.36. The second-order valence-corrected chi connectivity index (χ2v) is 6.12. The molecule has 0 spiro atoms. The molecule has 1 unspecified atom stereocenters. The van der Waals surface area contributed by atoms with Crippen molar-refractivity contribution in [3.05, 3.63) is 48.0 Å². The van der Waals surface area contributed by atoms with Crippen molar-refractivity contribution in [2.45, 2.75) is 25.7 Å². The summed E-state index contributed by atoms with van der Waals surface area (Å²) in [7, 11) is 0. The fourth-order valence-electron chi connectivity index (χ4n) is 2.62. The van der Waals surface area contributed by atoms with E-state index in [0.717, 1.165) is 5.56 Å². The van der Waals surface area contributed by atoms with E-state index in [1.54, 1.807) is 24.3 Å². The monoisotopic (exact) mass is 336 g/mol. The van der Waals surface area contributed by atoms with Crippen molar-refractivity contribution >= 4 is 11.8 Å². The van der Waals surface area contributed by atoms with Gasteiger partial charge in [0.2, 0.25) is 5.91 Å². The Hall–Kier alpha value is -2.24. The molecule has 2 amide bonds. The number of piperidine rings is 1. The van der Waals surface area contributed by atoms with E-state index in [1.165, 1.54) is 17.9 Å². The highest BCUT2D eigenvalue weighted by Crippen LogP contribution is 2.32. The largest absolute Gasteiger partial charge is 0.352 e. The second kappa shape index (κ2) is 7.55. The number of halogens is 2.